The van der Waals surface area contributed by atoms with E-state index in [1.54, 1.807) is 0 Å². The first-order valence-electron chi connectivity index (χ1n) is 5.84. The lowest BCUT2D eigenvalue weighted by Gasteiger charge is -2.10. The number of carboxylic acid groups (broad SMARTS) is 1. The zero-order valence-electron chi connectivity index (χ0n) is 9.69. The van der Waals surface area contributed by atoms with Crippen LogP contribution in [0.4, 0.5) is 0 Å². The first kappa shape index (κ1) is 11.2. The van der Waals surface area contributed by atoms with Gasteiger partial charge in [-0.1, -0.05) is 31.8 Å². The van der Waals surface area contributed by atoms with Crippen LogP contribution in [0.25, 0.3) is 0 Å². The summed E-state index contributed by atoms with van der Waals surface area (Å²) < 4.78 is 5.27. The van der Waals surface area contributed by atoms with Crippen molar-refractivity contribution in [2.75, 3.05) is 0 Å². The van der Waals surface area contributed by atoms with Crippen LogP contribution in [0.2, 0.25) is 0 Å². The summed E-state index contributed by atoms with van der Waals surface area (Å²) in [5.74, 6) is 0.340. The van der Waals surface area contributed by atoms with Gasteiger partial charge in [0.2, 0.25) is 0 Å². The van der Waals surface area contributed by atoms with E-state index in [1.165, 1.54) is 12.8 Å². The molecule has 16 heavy (non-hydrogen) atoms. The molecule has 1 aromatic rings. The molecule has 1 aliphatic rings. The first-order valence-corrected chi connectivity index (χ1v) is 5.84. The van der Waals surface area contributed by atoms with Gasteiger partial charge in [0.15, 0.2) is 5.69 Å². The smallest absolute Gasteiger partial charge is 0.358 e. The highest BCUT2D eigenvalue weighted by Gasteiger charge is 2.30. The van der Waals surface area contributed by atoms with Crippen LogP contribution in [0.3, 0.4) is 0 Å². The third-order valence-corrected chi connectivity index (χ3v) is 3.26. The SMILES string of the molecule is CC(C)c1c(C(=O)O)noc1C1CCCC1. The molecule has 88 valence electrons. The normalized spacial score (nSPS) is 17.2. The number of carboxylic acids is 1. The molecule has 0 aliphatic heterocycles. The molecule has 1 fully saturated rings. The van der Waals surface area contributed by atoms with Crippen molar-refractivity contribution in [2.24, 2.45) is 0 Å². The van der Waals surface area contributed by atoms with Crippen LogP contribution in [0.15, 0.2) is 4.52 Å². The van der Waals surface area contributed by atoms with E-state index in [-0.39, 0.29) is 11.6 Å². The van der Waals surface area contributed by atoms with Crippen LogP contribution < -0.4 is 0 Å². The Morgan fingerprint density at radius 3 is 2.56 bits per heavy atom. The van der Waals surface area contributed by atoms with Crippen LogP contribution in [0.5, 0.6) is 0 Å². The predicted molar refractivity (Wildman–Crippen MR) is 58.8 cm³/mol. The molecule has 4 heteroatoms. The second-order valence-corrected chi connectivity index (χ2v) is 4.75. The maximum absolute atomic E-state index is 11.0. The molecule has 0 amide bonds. The maximum Gasteiger partial charge on any atom is 0.358 e. The van der Waals surface area contributed by atoms with E-state index < -0.39 is 5.97 Å². The maximum atomic E-state index is 11.0. The lowest BCUT2D eigenvalue weighted by Crippen LogP contribution is -2.05. The minimum Gasteiger partial charge on any atom is -0.476 e. The fourth-order valence-electron chi connectivity index (χ4n) is 2.50. The molecule has 0 saturated heterocycles. The monoisotopic (exact) mass is 223 g/mol. The van der Waals surface area contributed by atoms with Gasteiger partial charge in [-0.3, -0.25) is 0 Å². The van der Waals surface area contributed by atoms with Gasteiger partial charge in [0.05, 0.1) is 0 Å². The summed E-state index contributed by atoms with van der Waals surface area (Å²) in [6.07, 6.45) is 4.58. The molecule has 0 bridgehead atoms. The molecule has 1 saturated carbocycles. The average molecular weight is 223 g/mol. The van der Waals surface area contributed by atoms with Crippen molar-refractivity contribution in [2.45, 2.75) is 51.4 Å². The van der Waals surface area contributed by atoms with Crippen molar-refractivity contribution >= 4 is 5.97 Å². The highest BCUT2D eigenvalue weighted by atomic mass is 16.5. The number of carbonyl (C=O) groups is 1. The Labute approximate surface area is 94.6 Å². The lowest BCUT2D eigenvalue weighted by atomic mass is 9.93. The minimum absolute atomic E-state index is 0.0944. The van der Waals surface area contributed by atoms with Gasteiger partial charge in [-0.15, -0.1) is 0 Å². The Balaban J connectivity index is 2.40. The van der Waals surface area contributed by atoms with Crippen LogP contribution in [0, 0.1) is 0 Å². The highest BCUT2D eigenvalue weighted by Crippen LogP contribution is 2.39. The highest BCUT2D eigenvalue weighted by molar-refractivity contribution is 5.87. The largest absolute Gasteiger partial charge is 0.476 e. The molecule has 0 atom stereocenters. The van der Waals surface area contributed by atoms with Crippen molar-refractivity contribution in [1.82, 2.24) is 5.16 Å². The molecular weight excluding hydrogens is 206 g/mol. The number of rotatable bonds is 3. The fourth-order valence-corrected chi connectivity index (χ4v) is 2.50. The van der Waals surface area contributed by atoms with Gasteiger partial charge in [-0.25, -0.2) is 4.79 Å². The number of aromatic carboxylic acids is 1. The van der Waals surface area contributed by atoms with Crippen molar-refractivity contribution in [1.29, 1.82) is 0 Å². The third kappa shape index (κ3) is 1.84. The molecule has 1 N–H and O–H groups in total. The van der Waals surface area contributed by atoms with Gasteiger partial charge in [-0.05, 0) is 18.8 Å². The molecular formula is C12H17NO3. The molecule has 0 spiro atoms. The van der Waals surface area contributed by atoms with Crippen LogP contribution in [-0.4, -0.2) is 16.2 Å². The first-order chi connectivity index (χ1) is 7.61. The molecule has 1 aromatic heterocycles. The molecule has 0 radical (unpaired) electrons. The lowest BCUT2D eigenvalue weighted by molar-refractivity contribution is 0.0684. The molecule has 4 nitrogen and oxygen atoms in total. The summed E-state index contributed by atoms with van der Waals surface area (Å²) in [6, 6.07) is 0. The molecule has 1 aliphatic carbocycles. The number of nitrogens with zero attached hydrogens (tertiary/aromatic N) is 1. The minimum atomic E-state index is -0.989. The van der Waals surface area contributed by atoms with Crippen LogP contribution >= 0.6 is 0 Å². The van der Waals surface area contributed by atoms with E-state index in [0.717, 1.165) is 24.2 Å². The van der Waals surface area contributed by atoms with Gasteiger partial charge in [0, 0.05) is 11.5 Å². The average Bonchev–Trinajstić information content (AvgIpc) is 2.85. The Morgan fingerprint density at radius 1 is 1.44 bits per heavy atom. The topological polar surface area (TPSA) is 63.3 Å². The van der Waals surface area contributed by atoms with Crippen molar-refractivity contribution < 1.29 is 14.4 Å². The van der Waals surface area contributed by atoms with E-state index in [9.17, 15) is 4.79 Å². The van der Waals surface area contributed by atoms with E-state index in [1.807, 2.05) is 13.8 Å². The molecule has 0 aromatic carbocycles. The van der Waals surface area contributed by atoms with Crippen molar-refractivity contribution in [3.8, 4) is 0 Å². The summed E-state index contributed by atoms with van der Waals surface area (Å²) in [4.78, 5) is 11.0. The van der Waals surface area contributed by atoms with E-state index in [4.69, 9.17) is 9.63 Å². The van der Waals surface area contributed by atoms with E-state index >= 15 is 0 Å². The summed E-state index contributed by atoms with van der Waals surface area (Å²) in [5.41, 5.74) is 0.885. The second kappa shape index (κ2) is 4.28. The summed E-state index contributed by atoms with van der Waals surface area (Å²) >= 11 is 0. The van der Waals surface area contributed by atoms with E-state index in [0.29, 0.717) is 5.92 Å². The molecule has 0 unspecified atom stereocenters. The molecule has 2 rings (SSSR count). The standard InChI is InChI=1S/C12H17NO3/c1-7(2)9-10(12(14)15)13-16-11(9)8-5-3-4-6-8/h7-8H,3-6H2,1-2H3,(H,14,15). The predicted octanol–water partition coefficient (Wildman–Crippen LogP) is 3.15. The quantitative estimate of drug-likeness (QED) is 0.854. The summed E-state index contributed by atoms with van der Waals surface area (Å²) in [6.45, 7) is 3.97. The van der Waals surface area contributed by atoms with Crippen LogP contribution in [-0.2, 0) is 0 Å². The third-order valence-electron chi connectivity index (χ3n) is 3.26. The number of hydrogen-bond acceptors (Lipinski definition) is 3. The van der Waals surface area contributed by atoms with Crippen molar-refractivity contribution in [3.05, 3.63) is 17.0 Å². The zero-order chi connectivity index (χ0) is 11.7. The van der Waals surface area contributed by atoms with E-state index in [2.05, 4.69) is 5.16 Å². The number of hydrogen-bond donors (Lipinski definition) is 1. The van der Waals surface area contributed by atoms with Gasteiger partial charge in [0.1, 0.15) is 5.76 Å². The molecule has 1 heterocycles. The Kier molecular flexibility index (Phi) is 2.99. The van der Waals surface area contributed by atoms with Gasteiger partial charge >= 0.3 is 5.97 Å². The Morgan fingerprint density at radius 2 is 2.06 bits per heavy atom. The van der Waals surface area contributed by atoms with Gasteiger partial charge < -0.3 is 9.63 Å². The van der Waals surface area contributed by atoms with Crippen molar-refractivity contribution in [3.63, 3.8) is 0 Å². The van der Waals surface area contributed by atoms with Gasteiger partial charge in [-0.2, -0.15) is 0 Å². The number of aromatic nitrogens is 1. The second-order valence-electron chi connectivity index (χ2n) is 4.75. The van der Waals surface area contributed by atoms with Gasteiger partial charge in [0.25, 0.3) is 0 Å². The fraction of sp³-hybridized carbons (Fsp3) is 0.667. The summed E-state index contributed by atoms with van der Waals surface area (Å²) in [7, 11) is 0. The van der Waals surface area contributed by atoms with Crippen LogP contribution in [0.1, 0.15) is 73.2 Å². The summed E-state index contributed by atoms with van der Waals surface area (Å²) in [5, 5.41) is 12.8. The Bertz CT molecular complexity index is 389. The zero-order valence-corrected chi connectivity index (χ0v) is 9.69. The Hall–Kier alpha value is -1.32.